The molecular formula is C39H47F2N3O8S. The van der Waals surface area contributed by atoms with Gasteiger partial charge in [-0.15, -0.1) is 0 Å². The molecule has 1 saturated heterocycles. The van der Waals surface area contributed by atoms with Crippen LogP contribution < -0.4 is 9.46 Å². The van der Waals surface area contributed by atoms with Gasteiger partial charge in [-0.05, 0) is 77.2 Å². The Morgan fingerprint density at radius 1 is 1.11 bits per heavy atom. The Hall–Kier alpha value is -3.94. The van der Waals surface area contributed by atoms with Crippen molar-refractivity contribution in [2.45, 2.75) is 120 Å². The lowest BCUT2D eigenvalue weighted by Gasteiger charge is -2.36. The molecule has 53 heavy (non-hydrogen) atoms. The highest BCUT2D eigenvalue weighted by Gasteiger charge is 2.63. The molecule has 2 saturated carbocycles. The zero-order valence-corrected chi connectivity index (χ0v) is 31.0. The van der Waals surface area contributed by atoms with Crippen molar-refractivity contribution in [3.8, 4) is 5.75 Å². The van der Waals surface area contributed by atoms with Crippen molar-refractivity contribution < 1.29 is 45.9 Å². The fourth-order valence-electron chi connectivity index (χ4n) is 8.53. The molecule has 1 spiro atoms. The number of allylic oxidation sites excluding steroid dienone is 2. The van der Waals surface area contributed by atoms with Crippen LogP contribution in [-0.4, -0.2) is 77.8 Å². The zero-order chi connectivity index (χ0) is 37.8. The van der Waals surface area contributed by atoms with Gasteiger partial charge in [0.2, 0.25) is 21.8 Å². The summed E-state index contributed by atoms with van der Waals surface area (Å²) >= 11 is 0. The minimum Gasteiger partial charge on any atom is -0.483 e. The van der Waals surface area contributed by atoms with Crippen LogP contribution in [0.3, 0.4) is 0 Å². The van der Waals surface area contributed by atoms with E-state index in [2.05, 4.69) is 4.72 Å². The first-order chi connectivity index (χ1) is 25.2. The highest BCUT2D eigenvalue weighted by atomic mass is 32.2. The number of sulfonamides is 1. The fourth-order valence-corrected chi connectivity index (χ4v) is 9.86. The molecule has 5 aliphatic rings. The van der Waals surface area contributed by atoms with E-state index < -0.39 is 80.8 Å². The summed E-state index contributed by atoms with van der Waals surface area (Å²) in [6.07, 6.45) is 5.71. The number of pyridine rings is 1. The number of ether oxygens (including phenoxy) is 2. The number of halogens is 2. The van der Waals surface area contributed by atoms with E-state index in [9.17, 15) is 36.4 Å². The molecule has 1 N–H and O–H groups in total. The van der Waals surface area contributed by atoms with Gasteiger partial charge in [0.25, 0.3) is 6.43 Å². The summed E-state index contributed by atoms with van der Waals surface area (Å²) in [4.78, 5) is 62.1. The zero-order valence-electron chi connectivity index (χ0n) is 30.2. The summed E-state index contributed by atoms with van der Waals surface area (Å²) in [7, 11) is -3.97. The summed E-state index contributed by atoms with van der Waals surface area (Å²) in [5.41, 5.74) is 0.229. The van der Waals surface area contributed by atoms with Crippen LogP contribution in [0.2, 0.25) is 0 Å². The lowest BCUT2D eigenvalue weighted by atomic mass is 9.85. The number of esters is 1. The Morgan fingerprint density at radius 2 is 1.89 bits per heavy atom. The number of hydrogen-bond donors (Lipinski definition) is 1. The minimum absolute atomic E-state index is 0.0335. The lowest BCUT2D eigenvalue weighted by Crippen LogP contribution is -2.48. The highest BCUT2D eigenvalue weighted by molar-refractivity contribution is 7.91. The van der Waals surface area contributed by atoms with Gasteiger partial charge in [0.15, 0.2) is 12.4 Å². The maximum atomic E-state index is 14.6. The maximum Gasteiger partial charge on any atom is 0.306 e. The second-order valence-corrected chi connectivity index (χ2v) is 18.2. The standard InChI is InChI=1S/C39H47F2N3O8S/c1-24-34-28(27-12-8-9-13-29(27)42-24)14-15-38(52-34)20-30-31(45)21-39(36(48)43-53(49,50)37(2)16-17-37)19-26(39)11-7-5-3-4-6-10-25(35(47)44(30)23-38)18-33(46)51-22-32(40)41/h7-9,11-13,25-26,30,32H,3-6,10,14-23H2,1-2H3,(H,43,48)/b11-7-/t25-,26-,30+,38-,39-/m1/s1. The first kappa shape index (κ1) is 37.4. The third-order valence-corrected chi connectivity index (χ3v) is 14.3. The van der Waals surface area contributed by atoms with Crippen molar-refractivity contribution in [3.05, 3.63) is 47.7 Å². The number of amides is 2. The second kappa shape index (κ2) is 14.0. The number of carbonyl (C=O) groups is 4. The quantitative estimate of drug-likeness (QED) is 0.286. The van der Waals surface area contributed by atoms with Gasteiger partial charge in [0.1, 0.15) is 11.4 Å². The Balaban J connectivity index is 1.22. The van der Waals surface area contributed by atoms with E-state index in [1.54, 1.807) is 6.92 Å². The van der Waals surface area contributed by atoms with Gasteiger partial charge in [-0.25, -0.2) is 22.2 Å². The third kappa shape index (κ3) is 7.32. The predicted molar refractivity (Wildman–Crippen MR) is 190 cm³/mol. The minimum atomic E-state index is -3.97. The second-order valence-electron chi connectivity index (χ2n) is 16.0. The van der Waals surface area contributed by atoms with Gasteiger partial charge in [-0.1, -0.05) is 43.2 Å². The van der Waals surface area contributed by atoms with Gasteiger partial charge in [-0.3, -0.25) is 23.9 Å². The van der Waals surface area contributed by atoms with Gasteiger partial charge >= 0.3 is 5.97 Å². The number of carbonyl (C=O) groups excluding carboxylic acids is 4. The van der Waals surface area contributed by atoms with Crippen LogP contribution >= 0.6 is 0 Å². The number of nitrogens with one attached hydrogen (secondary N) is 1. The molecule has 0 bridgehead atoms. The Labute approximate surface area is 308 Å². The number of aryl methyl sites for hydroxylation is 2. The number of nitrogens with zero attached hydrogens (tertiary/aromatic N) is 2. The Kier molecular flexibility index (Phi) is 9.90. The molecule has 14 heteroatoms. The molecule has 1 aromatic carbocycles. The third-order valence-electron chi connectivity index (χ3n) is 12.2. The van der Waals surface area contributed by atoms with Crippen LogP contribution in [0.4, 0.5) is 8.78 Å². The van der Waals surface area contributed by atoms with Gasteiger partial charge in [0, 0.05) is 29.7 Å². The van der Waals surface area contributed by atoms with Crippen LogP contribution in [0.15, 0.2) is 36.4 Å². The van der Waals surface area contributed by atoms with E-state index in [1.165, 1.54) is 4.90 Å². The van der Waals surface area contributed by atoms with E-state index >= 15 is 0 Å². The number of hydrogen-bond acceptors (Lipinski definition) is 9. The summed E-state index contributed by atoms with van der Waals surface area (Å²) in [5, 5.41) is 0.959. The topological polar surface area (TPSA) is 149 Å². The summed E-state index contributed by atoms with van der Waals surface area (Å²) in [5.74, 6) is -3.17. The van der Waals surface area contributed by atoms with E-state index in [4.69, 9.17) is 14.5 Å². The first-order valence-corrected chi connectivity index (χ1v) is 20.2. The summed E-state index contributed by atoms with van der Waals surface area (Å²) < 4.78 is 65.0. The molecule has 286 valence electrons. The number of alkyl halides is 2. The normalized spacial score (nSPS) is 30.4. The van der Waals surface area contributed by atoms with Crippen molar-refractivity contribution in [1.82, 2.24) is 14.6 Å². The average Bonchev–Trinajstić information content (AvgIpc) is 4.01. The Morgan fingerprint density at radius 3 is 2.64 bits per heavy atom. The monoisotopic (exact) mass is 755 g/mol. The number of ketones is 1. The molecule has 5 atom stereocenters. The molecular weight excluding hydrogens is 709 g/mol. The number of aromatic nitrogens is 1. The number of fused-ring (bicyclic) bond motifs is 5. The largest absolute Gasteiger partial charge is 0.483 e. The van der Waals surface area contributed by atoms with E-state index in [0.29, 0.717) is 62.8 Å². The molecule has 4 heterocycles. The van der Waals surface area contributed by atoms with Crippen molar-refractivity contribution in [3.63, 3.8) is 0 Å². The van der Waals surface area contributed by atoms with Gasteiger partial charge in [-0.2, -0.15) is 0 Å². The lowest BCUT2D eigenvalue weighted by molar-refractivity contribution is -0.153. The van der Waals surface area contributed by atoms with Gasteiger partial charge in [0.05, 0.1) is 40.4 Å². The van der Waals surface area contributed by atoms with E-state index in [-0.39, 0.29) is 25.3 Å². The van der Waals surface area contributed by atoms with Crippen molar-refractivity contribution >= 4 is 44.5 Å². The van der Waals surface area contributed by atoms with Crippen LogP contribution in [0, 0.1) is 24.2 Å². The van der Waals surface area contributed by atoms with E-state index in [0.717, 1.165) is 29.3 Å². The van der Waals surface area contributed by atoms with Crippen LogP contribution in [0.5, 0.6) is 5.75 Å². The van der Waals surface area contributed by atoms with Gasteiger partial charge < -0.3 is 14.4 Å². The molecule has 11 nitrogen and oxygen atoms in total. The fraction of sp³-hybridized carbons (Fsp3) is 0.615. The molecule has 0 unspecified atom stereocenters. The number of Topliss-reactive ketones (excluding diaryl/α,β-unsaturated/α-hetero) is 1. The molecule has 2 amide bonds. The molecule has 2 aliphatic carbocycles. The Bertz CT molecular complexity index is 1970. The molecule has 3 fully saturated rings. The van der Waals surface area contributed by atoms with Crippen molar-refractivity contribution in [2.24, 2.45) is 17.3 Å². The number of rotatable bonds is 7. The maximum absolute atomic E-state index is 14.6. The van der Waals surface area contributed by atoms with E-state index in [1.807, 2.05) is 43.3 Å². The summed E-state index contributed by atoms with van der Waals surface area (Å²) in [6, 6.07) is 6.74. The number of benzene rings is 1. The van der Waals surface area contributed by atoms with Crippen molar-refractivity contribution in [1.29, 1.82) is 0 Å². The number of para-hydroxylation sites is 1. The van der Waals surface area contributed by atoms with Crippen LogP contribution in [0.1, 0.15) is 95.2 Å². The highest BCUT2D eigenvalue weighted by Crippen LogP contribution is 2.58. The molecule has 1 aromatic heterocycles. The molecule has 7 rings (SSSR count). The first-order valence-electron chi connectivity index (χ1n) is 18.7. The molecule has 3 aliphatic heterocycles. The smallest absolute Gasteiger partial charge is 0.306 e. The average molecular weight is 756 g/mol. The molecule has 0 radical (unpaired) electrons. The SMILES string of the molecule is Cc1nc2ccccc2c2c1O[C@]1(CC2)C[C@H]2C(=O)C[C@]3(C(=O)NS(=O)(=O)C4(C)CC4)C[C@H]3/C=C\CCCCC[C@H](CC(=O)OCC(F)F)C(=O)N2C1. The summed E-state index contributed by atoms with van der Waals surface area (Å²) in [6.45, 7) is 2.41. The van der Waals surface area contributed by atoms with Crippen LogP contribution in [0.25, 0.3) is 10.9 Å². The predicted octanol–water partition coefficient (Wildman–Crippen LogP) is 5.51. The molecule has 2 aromatic rings. The van der Waals surface area contributed by atoms with Crippen LogP contribution in [-0.2, 0) is 40.4 Å². The van der Waals surface area contributed by atoms with Crippen molar-refractivity contribution in [2.75, 3.05) is 13.2 Å².